The molecule has 1 aliphatic heterocycles. The van der Waals surface area contributed by atoms with Gasteiger partial charge in [0.25, 0.3) is 0 Å². The average Bonchev–Trinajstić information content (AvgIpc) is 3.44. The summed E-state index contributed by atoms with van der Waals surface area (Å²) >= 11 is 1.55. The van der Waals surface area contributed by atoms with E-state index in [0.717, 1.165) is 11.6 Å². The van der Waals surface area contributed by atoms with Crippen LogP contribution in [0.3, 0.4) is 0 Å². The lowest BCUT2D eigenvalue weighted by Gasteiger charge is -2.34. The molecule has 31 heavy (non-hydrogen) atoms. The van der Waals surface area contributed by atoms with Crippen LogP contribution in [-0.2, 0) is 23.9 Å². The van der Waals surface area contributed by atoms with Gasteiger partial charge < -0.3 is 9.42 Å². The van der Waals surface area contributed by atoms with Crippen molar-refractivity contribution < 1.29 is 22.5 Å². The van der Waals surface area contributed by atoms with Crippen molar-refractivity contribution in [1.29, 1.82) is 0 Å². The molecule has 6 nitrogen and oxygen atoms in total. The van der Waals surface area contributed by atoms with Crippen LogP contribution < -0.4 is 0 Å². The van der Waals surface area contributed by atoms with E-state index in [1.54, 1.807) is 22.3 Å². The summed E-state index contributed by atoms with van der Waals surface area (Å²) in [6, 6.07) is 7.29. The fraction of sp³-hybridized carbons (Fsp3) is 0.381. The number of halogens is 3. The van der Waals surface area contributed by atoms with Crippen molar-refractivity contribution in [1.82, 2.24) is 19.9 Å². The van der Waals surface area contributed by atoms with Crippen molar-refractivity contribution in [3.05, 3.63) is 58.1 Å². The van der Waals surface area contributed by atoms with Crippen LogP contribution in [-0.4, -0.2) is 52.0 Å². The van der Waals surface area contributed by atoms with E-state index >= 15 is 0 Å². The van der Waals surface area contributed by atoms with Crippen molar-refractivity contribution >= 4 is 17.2 Å². The number of hydrogen-bond acceptors (Lipinski definition) is 6. The van der Waals surface area contributed by atoms with Gasteiger partial charge in [-0.1, -0.05) is 23.4 Å². The van der Waals surface area contributed by atoms with Gasteiger partial charge in [0.1, 0.15) is 0 Å². The van der Waals surface area contributed by atoms with Gasteiger partial charge in [0.2, 0.25) is 17.6 Å². The van der Waals surface area contributed by atoms with Gasteiger partial charge in [-0.25, -0.2) is 0 Å². The molecule has 10 heteroatoms. The summed E-state index contributed by atoms with van der Waals surface area (Å²) in [6.45, 7) is 2.75. The van der Waals surface area contributed by atoms with Crippen LogP contribution in [0.5, 0.6) is 0 Å². The molecule has 4 rings (SSSR count). The van der Waals surface area contributed by atoms with Crippen molar-refractivity contribution in [3.63, 3.8) is 0 Å². The minimum Gasteiger partial charge on any atom is -0.340 e. The van der Waals surface area contributed by atoms with E-state index in [1.807, 2.05) is 16.8 Å². The fourth-order valence-electron chi connectivity index (χ4n) is 3.50. The highest BCUT2D eigenvalue weighted by Gasteiger charge is 2.30. The van der Waals surface area contributed by atoms with E-state index in [2.05, 4.69) is 15.0 Å². The molecule has 0 unspecified atom stereocenters. The smallest absolute Gasteiger partial charge is 0.340 e. The van der Waals surface area contributed by atoms with Crippen LogP contribution in [0.2, 0.25) is 0 Å². The van der Waals surface area contributed by atoms with E-state index < -0.39 is 11.7 Å². The van der Waals surface area contributed by atoms with Gasteiger partial charge in [-0.2, -0.15) is 29.5 Å². The number of aromatic nitrogens is 2. The van der Waals surface area contributed by atoms with Crippen LogP contribution in [0.15, 0.2) is 45.6 Å². The number of alkyl halides is 3. The highest BCUT2D eigenvalue weighted by atomic mass is 32.1. The Morgan fingerprint density at radius 1 is 1.16 bits per heavy atom. The fourth-order valence-corrected chi connectivity index (χ4v) is 4.13. The number of hydrogen-bond donors (Lipinski definition) is 0. The highest BCUT2D eigenvalue weighted by Crippen LogP contribution is 2.29. The Bertz CT molecular complexity index is 1010. The summed E-state index contributed by atoms with van der Waals surface area (Å²) in [5.74, 6) is 0.957. The first kappa shape index (κ1) is 21.5. The topological polar surface area (TPSA) is 62.5 Å². The number of carbonyl (C=O) groups is 1. The SMILES string of the molecule is O=C(CCc1nc(-c2ccsc2)no1)N1CCN(Cc2cccc(C(F)(F)F)c2)CC1. The Morgan fingerprint density at radius 3 is 2.68 bits per heavy atom. The molecule has 0 bridgehead atoms. The van der Waals surface area contributed by atoms with Crippen molar-refractivity contribution in [3.8, 4) is 11.4 Å². The third-order valence-corrected chi connectivity index (χ3v) is 5.87. The maximum Gasteiger partial charge on any atom is 0.416 e. The Balaban J connectivity index is 1.24. The molecule has 0 aliphatic carbocycles. The molecule has 1 fully saturated rings. The second-order valence-corrected chi connectivity index (χ2v) is 8.16. The Morgan fingerprint density at radius 2 is 1.97 bits per heavy atom. The van der Waals surface area contributed by atoms with Gasteiger partial charge in [-0.3, -0.25) is 9.69 Å². The zero-order valence-corrected chi connectivity index (χ0v) is 17.5. The number of rotatable bonds is 6. The number of amides is 1. The zero-order chi connectivity index (χ0) is 21.8. The summed E-state index contributed by atoms with van der Waals surface area (Å²) in [6.07, 6.45) is -3.69. The van der Waals surface area contributed by atoms with Crippen LogP contribution >= 0.6 is 11.3 Å². The average molecular weight is 450 g/mol. The Labute approximate surface area is 181 Å². The van der Waals surface area contributed by atoms with Crippen LogP contribution in [0, 0.1) is 0 Å². The molecule has 1 saturated heterocycles. The monoisotopic (exact) mass is 450 g/mol. The summed E-state index contributed by atoms with van der Waals surface area (Å²) < 4.78 is 43.9. The molecule has 0 spiro atoms. The molecule has 3 heterocycles. The van der Waals surface area contributed by atoms with Crippen molar-refractivity contribution in [2.45, 2.75) is 25.6 Å². The van der Waals surface area contributed by atoms with Crippen LogP contribution in [0.1, 0.15) is 23.4 Å². The number of nitrogens with zero attached hydrogens (tertiary/aromatic N) is 4. The first-order valence-electron chi connectivity index (χ1n) is 9.90. The second kappa shape index (κ2) is 9.19. The zero-order valence-electron chi connectivity index (χ0n) is 16.6. The lowest BCUT2D eigenvalue weighted by Crippen LogP contribution is -2.48. The number of aryl methyl sites for hydroxylation is 1. The Kier molecular flexibility index (Phi) is 6.38. The van der Waals surface area contributed by atoms with Gasteiger partial charge in [0, 0.05) is 56.5 Å². The summed E-state index contributed by atoms with van der Waals surface area (Å²) in [4.78, 5) is 20.7. The van der Waals surface area contributed by atoms with Crippen molar-refractivity contribution in [2.24, 2.45) is 0 Å². The highest BCUT2D eigenvalue weighted by molar-refractivity contribution is 7.08. The van der Waals surface area contributed by atoms with E-state index in [4.69, 9.17) is 4.52 Å². The largest absolute Gasteiger partial charge is 0.416 e. The van der Waals surface area contributed by atoms with Crippen molar-refractivity contribution in [2.75, 3.05) is 26.2 Å². The predicted octanol–water partition coefficient (Wildman–Crippen LogP) is 4.09. The van der Waals surface area contributed by atoms with Gasteiger partial charge in [-0.15, -0.1) is 0 Å². The molecule has 1 aromatic carbocycles. The maximum atomic E-state index is 12.9. The minimum absolute atomic E-state index is 0.00834. The third kappa shape index (κ3) is 5.50. The molecule has 0 atom stereocenters. The summed E-state index contributed by atoms with van der Waals surface area (Å²) in [7, 11) is 0. The summed E-state index contributed by atoms with van der Waals surface area (Å²) in [5.41, 5.74) is 0.873. The molecule has 3 aromatic rings. The molecule has 164 valence electrons. The van der Waals surface area contributed by atoms with Gasteiger partial charge >= 0.3 is 6.18 Å². The molecule has 0 saturated carbocycles. The number of thiophene rings is 1. The standard InChI is InChI=1S/C21H21F3N4O2S/c22-21(23,24)17-3-1-2-15(12-17)13-27-7-9-28(10-8-27)19(29)5-4-18-25-20(26-30-18)16-6-11-31-14-16/h1-3,6,11-12,14H,4-5,7-10,13H2. The van der Waals surface area contributed by atoms with E-state index in [0.29, 0.717) is 56.4 Å². The molecular weight excluding hydrogens is 429 g/mol. The number of benzene rings is 1. The van der Waals surface area contributed by atoms with E-state index in [9.17, 15) is 18.0 Å². The molecule has 1 aliphatic rings. The first-order valence-corrected chi connectivity index (χ1v) is 10.8. The lowest BCUT2D eigenvalue weighted by molar-refractivity contribution is -0.137. The molecule has 1 amide bonds. The normalized spacial score (nSPS) is 15.4. The quantitative estimate of drug-likeness (QED) is 0.566. The van der Waals surface area contributed by atoms with Crippen LogP contribution in [0.25, 0.3) is 11.4 Å². The Hall–Kier alpha value is -2.72. The summed E-state index contributed by atoms with van der Waals surface area (Å²) in [5, 5.41) is 7.80. The predicted molar refractivity (Wildman–Crippen MR) is 109 cm³/mol. The lowest BCUT2D eigenvalue weighted by atomic mass is 10.1. The molecular formula is C21H21F3N4O2S. The molecule has 0 N–H and O–H groups in total. The maximum absolute atomic E-state index is 12.9. The molecule has 2 aromatic heterocycles. The molecule has 0 radical (unpaired) electrons. The first-order chi connectivity index (χ1) is 14.9. The number of piperazine rings is 1. The van der Waals surface area contributed by atoms with Crippen LogP contribution in [0.4, 0.5) is 13.2 Å². The third-order valence-electron chi connectivity index (χ3n) is 5.19. The van der Waals surface area contributed by atoms with E-state index in [1.165, 1.54) is 12.1 Å². The second-order valence-electron chi connectivity index (χ2n) is 7.38. The number of carbonyl (C=O) groups excluding carboxylic acids is 1. The minimum atomic E-state index is -4.34. The van der Waals surface area contributed by atoms with E-state index in [-0.39, 0.29) is 12.3 Å². The van der Waals surface area contributed by atoms with Gasteiger partial charge in [-0.05, 0) is 23.1 Å². The van der Waals surface area contributed by atoms with Gasteiger partial charge in [0.15, 0.2) is 0 Å². The van der Waals surface area contributed by atoms with Gasteiger partial charge in [0.05, 0.1) is 5.56 Å².